The maximum Gasteiger partial charge on any atom is 0.000517 e. The van der Waals surface area contributed by atoms with Crippen LogP contribution < -0.4 is 5.32 Å². The predicted molar refractivity (Wildman–Crippen MR) is 67.1 cm³/mol. The molecule has 1 saturated carbocycles. The highest BCUT2D eigenvalue weighted by Gasteiger charge is 2.30. The van der Waals surface area contributed by atoms with Gasteiger partial charge in [-0.05, 0) is 42.9 Å². The lowest BCUT2D eigenvalue weighted by Crippen LogP contribution is -2.35. The zero-order valence-corrected chi connectivity index (χ0v) is 10.6. The monoisotopic (exact) mass is 215 g/mol. The van der Waals surface area contributed by atoms with Crippen molar-refractivity contribution in [1.82, 2.24) is 5.32 Å². The average Bonchev–Trinajstić information content (AvgIpc) is 2.65. The molecule has 0 bridgehead atoms. The third-order valence-electron chi connectivity index (χ3n) is 3.55. The number of rotatable bonds is 6. The molecule has 0 aromatic rings. The van der Waals surface area contributed by atoms with Gasteiger partial charge < -0.3 is 5.32 Å². The maximum absolute atomic E-state index is 4.21. The Morgan fingerprint density at radius 2 is 1.93 bits per heavy atom. The zero-order valence-electron chi connectivity index (χ0n) is 9.68. The molecule has 0 radical (unpaired) electrons. The van der Waals surface area contributed by atoms with Gasteiger partial charge in [0, 0.05) is 6.54 Å². The Balaban J connectivity index is 2.19. The van der Waals surface area contributed by atoms with Crippen molar-refractivity contribution < 1.29 is 0 Å². The third-order valence-corrected chi connectivity index (χ3v) is 3.87. The van der Waals surface area contributed by atoms with Gasteiger partial charge in [0.25, 0.3) is 0 Å². The SMILES string of the molecule is CC(C)(CNCCCS)C1CCCC1. The predicted octanol–water partition coefficient (Wildman–Crippen LogP) is 3.11. The molecule has 0 saturated heterocycles. The summed E-state index contributed by atoms with van der Waals surface area (Å²) in [5.41, 5.74) is 0.493. The Hall–Kier alpha value is 0.310. The maximum atomic E-state index is 4.21. The van der Waals surface area contributed by atoms with Crippen LogP contribution in [0, 0.1) is 11.3 Å². The largest absolute Gasteiger partial charge is 0.316 e. The molecule has 84 valence electrons. The summed E-state index contributed by atoms with van der Waals surface area (Å²) in [6.45, 7) is 7.12. The molecule has 0 aliphatic heterocycles. The van der Waals surface area contributed by atoms with Crippen LogP contribution >= 0.6 is 12.6 Å². The molecule has 1 aliphatic carbocycles. The highest BCUT2D eigenvalue weighted by molar-refractivity contribution is 7.80. The first-order valence-corrected chi connectivity index (χ1v) is 6.61. The van der Waals surface area contributed by atoms with Crippen molar-refractivity contribution >= 4 is 12.6 Å². The van der Waals surface area contributed by atoms with Crippen molar-refractivity contribution in [3.63, 3.8) is 0 Å². The quantitative estimate of drug-likeness (QED) is 0.512. The Kier molecular flexibility index (Phi) is 5.32. The topological polar surface area (TPSA) is 12.0 Å². The lowest BCUT2D eigenvalue weighted by Gasteiger charge is -2.32. The van der Waals surface area contributed by atoms with Crippen molar-refractivity contribution in [3.8, 4) is 0 Å². The van der Waals surface area contributed by atoms with Crippen LogP contribution in [0.5, 0.6) is 0 Å². The summed E-state index contributed by atoms with van der Waals surface area (Å²) in [6.07, 6.45) is 6.97. The van der Waals surface area contributed by atoms with Gasteiger partial charge in [-0.25, -0.2) is 0 Å². The Morgan fingerprint density at radius 1 is 1.29 bits per heavy atom. The third kappa shape index (κ3) is 3.82. The number of hydrogen-bond donors (Lipinski definition) is 2. The van der Waals surface area contributed by atoms with E-state index in [2.05, 4.69) is 31.8 Å². The molecule has 14 heavy (non-hydrogen) atoms. The lowest BCUT2D eigenvalue weighted by molar-refractivity contribution is 0.209. The van der Waals surface area contributed by atoms with E-state index in [-0.39, 0.29) is 0 Å². The first kappa shape index (κ1) is 12.4. The fourth-order valence-electron chi connectivity index (χ4n) is 2.47. The summed E-state index contributed by atoms with van der Waals surface area (Å²) in [6, 6.07) is 0. The van der Waals surface area contributed by atoms with Gasteiger partial charge in [0.1, 0.15) is 0 Å². The van der Waals surface area contributed by atoms with E-state index in [0.717, 1.165) is 18.2 Å². The van der Waals surface area contributed by atoms with Crippen LogP contribution in [-0.4, -0.2) is 18.8 Å². The van der Waals surface area contributed by atoms with Crippen molar-refractivity contribution in [2.45, 2.75) is 46.0 Å². The molecular formula is C12H25NS. The van der Waals surface area contributed by atoms with Crippen LogP contribution in [0.1, 0.15) is 46.0 Å². The Bertz CT molecular complexity index is 150. The highest BCUT2D eigenvalue weighted by atomic mass is 32.1. The van der Waals surface area contributed by atoms with E-state index in [9.17, 15) is 0 Å². The molecule has 0 amide bonds. The van der Waals surface area contributed by atoms with Crippen molar-refractivity contribution in [2.24, 2.45) is 11.3 Å². The van der Waals surface area contributed by atoms with Crippen LogP contribution in [0.4, 0.5) is 0 Å². The number of nitrogens with one attached hydrogen (secondary N) is 1. The van der Waals surface area contributed by atoms with E-state index in [1.807, 2.05) is 0 Å². The van der Waals surface area contributed by atoms with E-state index in [4.69, 9.17) is 0 Å². The second-order valence-corrected chi connectivity index (χ2v) is 5.67. The molecule has 0 atom stereocenters. The minimum atomic E-state index is 0.493. The van der Waals surface area contributed by atoms with Gasteiger partial charge >= 0.3 is 0 Å². The minimum Gasteiger partial charge on any atom is -0.316 e. The molecule has 0 heterocycles. The molecule has 0 aromatic heterocycles. The van der Waals surface area contributed by atoms with Gasteiger partial charge in [-0.15, -0.1) is 0 Å². The second-order valence-electron chi connectivity index (χ2n) is 5.22. The van der Waals surface area contributed by atoms with Gasteiger partial charge in [0.15, 0.2) is 0 Å². The molecule has 1 rings (SSSR count). The molecule has 0 spiro atoms. The summed E-state index contributed by atoms with van der Waals surface area (Å²) < 4.78 is 0. The molecule has 1 nitrogen and oxygen atoms in total. The minimum absolute atomic E-state index is 0.493. The van der Waals surface area contributed by atoms with Gasteiger partial charge in [-0.1, -0.05) is 26.7 Å². The first-order valence-electron chi connectivity index (χ1n) is 5.98. The van der Waals surface area contributed by atoms with E-state index >= 15 is 0 Å². The summed E-state index contributed by atoms with van der Waals surface area (Å²) >= 11 is 4.21. The van der Waals surface area contributed by atoms with E-state index in [1.54, 1.807) is 0 Å². The summed E-state index contributed by atoms with van der Waals surface area (Å²) in [5.74, 6) is 1.95. The van der Waals surface area contributed by atoms with E-state index in [0.29, 0.717) is 5.41 Å². The smallest absolute Gasteiger partial charge is 0.000517 e. The van der Waals surface area contributed by atoms with Crippen LogP contribution in [0.2, 0.25) is 0 Å². The average molecular weight is 215 g/mol. The standard InChI is InChI=1S/C12H25NS/c1-12(2,10-13-8-5-9-14)11-6-3-4-7-11/h11,13-14H,3-10H2,1-2H3. The normalized spacial score (nSPS) is 19.1. The van der Waals surface area contributed by atoms with E-state index < -0.39 is 0 Å². The summed E-state index contributed by atoms with van der Waals surface area (Å²) in [4.78, 5) is 0. The van der Waals surface area contributed by atoms with Crippen LogP contribution in [0.3, 0.4) is 0 Å². The Labute approximate surface area is 94.5 Å². The van der Waals surface area contributed by atoms with Crippen LogP contribution in [-0.2, 0) is 0 Å². The Morgan fingerprint density at radius 3 is 2.50 bits per heavy atom. The first-order chi connectivity index (χ1) is 6.67. The van der Waals surface area contributed by atoms with Gasteiger partial charge in [0.05, 0.1) is 0 Å². The molecule has 0 aromatic carbocycles. The van der Waals surface area contributed by atoms with Crippen molar-refractivity contribution in [1.29, 1.82) is 0 Å². The summed E-state index contributed by atoms with van der Waals surface area (Å²) in [7, 11) is 0. The van der Waals surface area contributed by atoms with Crippen molar-refractivity contribution in [3.05, 3.63) is 0 Å². The zero-order chi connectivity index (χ0) is 10.4. The molecule has 1 fully saturated rings. The van der Waals surface area contributed by atoms with Crippen molar-refractivity contribution in [2.75, 3.05) is 18.8 Å². The number of hydrogen-bond acceptors (Lipinski definition) is 2. The fourth-order valence-corrected chi connectivity index (χ4v) is 2.62. The molecule has 2 heteroatoms. The molecule has 1 N–H and O–H groups in total. The molecule has 0 unspecified atom stereocenters. The molecular weight excluding hydrogens is 190 g/mol. The fraction of sp³-hybridized carbons (Fsp3) is 1.00. The van der Waals surface area contributed by atoms with E-state index in [1.165, 1.54) is 38.6 Å². The van der Waals surface area contributed by atoms with Gasteiger partial charge in [-0.3, -0.25) is 0 Å². The lowest BCUT2D eigenvalue weighted by atomic mass is 9.78. The summed E-state index contributed by atoms with van der Waals surface area (Å²) in [5, 5.41) is 3.55. The molecule has 1 aliphatic rings. The second kappa shape index (κ2) is 6.02. The van der Waals surface area contributed by atoms with Gasteiger partial charge in [-0.2, -0.15) is 12.6 Å². The highest BCUT2D eigenvalue weighted by Crippen LogP contribution is 2.38. The van der Waals surface area contributed by atoms with Crippen LogP contribution in [0.15, 0.2) is 0 Å². The van der Waals surface area contributed by atoms with Gasteiger partial charge in [0.2, 0.25) is 0 Å². The van der Waals surface area contributed by atoms with Crippen LogP contribution in [0.25, 0.3) is 0 Å². The number of thiol groups is 1.